The Balaban J connectivity index is 2.31. The number of carbonyl (C=O) groups is 1. The van der Waals surface area contributed by atoms with E-state index in [4.69, 9.17) is 5.11 Å². The molecule has 1 aliphatic rings. The summed E-state index contributed by atoms with van der Waals surface area (Å²) in [6, 6.07) is 10.1. The molecule has 3 nitrogen and oxygen atoms in total. The summed E-state index contributed by atoms with van der Waals surface area (Å²) in [7, 11) is 0. The van der Waals surface area contributed by atoms with E-state index in [0.717, 1.165) is 18.4 Å². The summed E-state index contributed by atoms with van der Waals surface area (Å²) in [6.07, 6.45) is 1.76. The van der Waals surface area contributed by atoms with Crippen LogP contribution in [-0.4, -0.2) is 11.1 Å². The summed E-state index contributed by atoms with van der Waals surface area (Å²) < 4.78 is 0. The molecule has 16 heavy (non-hydrogen) atoms. The lowest BCUT2D eigenvalue weighted by Gasteiger charge is -2.28. The van der Waals surface area contributed by atoms with Gasteiger partial charge >= 0.3 is 5.97 Å². The molecule has 0 radical (unpaired) electrons. The van der Waals surface area contributed by atoms with Gasteiger partial charge in [0.15, 0.2) is 0 Å². The molecular weight excluding hydrogens is 202 g/mol. The number of nitrogens with zero attached hydrogens (tertiary/aromatic N) is 1. The SMILES string of the molecule is N#CC1c2ccccc2CCC1CC(=O)O. The molecular formula is C13H13NO2. The zero-order valence-electron chi connectivity index (χ0n) is 8.89. The van der Waals surface area contributed by atoms with Gasteiger partial charge < -0.3 is 5.11 Å². The Bertz CT molecular complexity index is 447. The van der Waals surface area contributed by atoms with E-state index in [2.05, 4.69) is 6.07 Å². The number of carboxylic acids is 1. The normalized spacial score (nSPS) is 23.2. The van der Waals surface area contributed by atoms with Crippen molar-refractivity contribution >= 4 is 5.97 Å². The Hall–Kier alpha value is -1.82. The smallest absolute Gasteiger partial charge is 0.303 e. The summed E-state index contributed by atoms with van der Waals surface area (Å²) in [5, 5.41) is 18.0. The fourth-order valence-electron chi connectivity index (χ4n) is 2.45. The first kappa shape index (κ1) is 10.7. The van der Waals surface area contributed by atoms with Crippen LogP contribution in [0.4, 0.5) is 0 Å². The summed E-state index contributed by atoms with van der Waals surface area (Å²) in [5.41, 5.74) is 2.21. The van der Waals surface area contributed by atoms with Crippen LogP contribution in [0.15, 0.2) is 24.3 Å². The Morgan fingerprint density at radius 1 is 1.50 bits per heavy atom. The summed E-state index contributed by atoms with van der Waals surface area (Å²) in [5.74, 6) is -1.12. The van der Waals surface area contributed by atoms with Crippen molar-refractivity contribution in [2.45, 2.75) is 25.2 Å². The molecule has 0 bridgehead atoms. The first-order valence-electron chi connectivity index (χ1n) is 5.41. The third kappa shape index (κ3) is 1.92. The van der Waals surface area contributed by atoms with Gasteiger partial charge in [-0.05, 0) is 29.9 Å². The predicted octanol–water partition coefficient (Wildman–Crippen LogP) is 2.33. The zero-order chi connectivity index (χ0) is 11.5. The van der Waals surface area contributed by atoms with E-state index in [1.165, 1.54) is 5.56 Å². The van der Waals surface area contributed by atoms with Crippen LogP contribution in [-0.2, 0) is 11.2 Å². The topological polar surface area (TPSA) is 61.1 Å². The molecule has 0 amide bonds. The number of aliphatic carboxylic acids is 1. The lowest BCUT2D eigenvalue weighted by atomic mass is 9.74. The molecule has 0 aromatic heterocycles. The molecule has 3 heteroatoms. The Morgan fingerprint density at radius 2 is 2.25 bits per heavy atom. The first-order chi connectivity index (χ1) is 7.72. The van der Waals surface area contributed by atoms with Crippen LogP contribution < -0.4 is 0 Å². The standard InChI is InChI=1S/C13H13NO2/c14-8-12-10(7-13(15)16)6-5-9-3-1-2-4-11(9)12/h1-4,10,12H,5-7H2,(H,15,16). The molecule has 1 aliphatic carbocycles. The fraction of sp³-hybridized carbons (Fsp3) is 0.385. The largest absolute Gasteiger partial charge is 0.481 e. The maximum atomic E-state index is 10.7. The average molecular weight is 215 g/mol. The van der Waals surface area contributed by atoms with Crippen LogP contribution in [0.2, 0.25) is 0 Å². The molecule has 2 unspecified atom stereocenters. The van der Waals surface area contributed by atoms with Crippen LogP contribution >= 0.6 is 0 Å². The molecule has 82 valence electrons. The second-order valence-corrected chi connectivity index (χ2v) is 4.20. The van der Waals surface area contributed by atoms with Crippen LogP contribution in [0, 0.1) is 17.2 Å². The van der Waals surface area contributed by atoms with E-state index >= 15 is 0 Å². The van der Waals surface area contributed by atoms with Gasteiger partial charge in [0.05, 0.1) is 12.0 Å². The number of fused-ring (bicyclic) bond motifs is 1. The Labute approximate surface area is 94.3 Å². The van der Waals surface area contributed by atoms with E-state index in [9.17, 15) is 10.1 Å². The number of aryl methyl sites for hydroxylation is 1. The second-order valence-electron chi connectivity index (χ2n) is 4.20. The van der Waals surface area contributed by atoms with Gasteiger partial charge in [-0.2, -0.15) is 5.26 Å². The maximum Gasteiger partial charge on any atom is 0.303 e. The lowest BCUT2D eigenvalue weighted by molar-refractivity contribution is -0.138. The van der Waals surface area contributed by atoms with Crippen molar-refractivity contribution in [1.82, 2.24) is 0 Å². The van der Waals surface area contributed by atoms with Crippen molar-refractivity contribution < 1.29 is 9.90 Å². The number of nitriles is 1. The third-order valence-corrected chi connectivity index (χ3v) is 3.22. The quantitative estimate of drug-likeness (QED) is 0.823. The monoisotopic (exact) mass is 215 g/mol. The van der Waals surface area contributed by atoms with E-state index in [1.54, 1.807) is 0 Å². The molecule has 0 fully saturated rings. The maximum absolute atomic E-state index is 10.7. The van der Waals surface area contributed by atoms with Crippen molar-refractivity contribution in [3.05, 3.63) is 35.4 Å². The van der Waals surface area contributed by atoms with E-state index in [0.29, 0.717) is 0 Å². The predicted molar refractivity (Wildman–Crippen MR) is 58.9 cm³/mol. The highest BCUT2D eigenvalue weighted by atomic mass is 16.4. The van der Waals surface area contributed by atoms with Gasteiger partial charge in [0.2, 0.25) is 0 Å². The van der Waals surface area contributed by atoms with Gasteiger partial charge in [-0.15, -0.1) is 0 Å². The van der Waals surface area contributed by atoms with E-state index in [1.807, 2.05) is 24.3 Å². The van der Waals surface area contributed by atoms with Crippen molar-refractivity contribution in [2.75, 3.05) is 0 Å². The highest BCUT2D eigenvalue weighted by Crippen LogP contribution is 2.37. The number of hydrogen-bond donors (Lipinski definition) is 1. The van der Waals surface area contributed by atoms with Gasteiger partial charge in [0.25, 0.3) is 0 Å². The number of hydrogen-bond acceptors (Lipinski definition) is 2. The van der Waals surface area contributed by atoms with Gasteiger partial charge in [0.1, 0.15) is 0 Å². The van der Waals surface area contributed by atoms with Gasteiger partial charge in [-0.1, -0.05) is 24.3 Å². The molecule has 2 atom stereocenters. The Kier molecular flexibility index (Phi) is 2.91. The fourth-order valence-corrected chi connectivity index (χ4v) is 2.45. The van der Waals surface area contributed by atoms with Crippen molar-refractivity contribution in [3.8, 4) is 6.07 Å². The molecule has 0 saturated heterocycles. The molecule has 1 N–H and O–H groups in total. The molecule has 0 aliphatic heterocycles. The van der Waals surface area contributed by atoms with Crippen molar-refractivity contribution in [1.29, 1.82) is 5.26 Å². The second kappa shape index (κ2) is 4.36. The number of carboxylic acid groups (broad SMARTS) is 1. The molecule has 0 saturated carbocycles. The number of rotatable bonds is 2. The van der Waals surface area contributed by atoms with Crippen LogP contribution in [0.1, 0.15) is 29.9 Å². The highest BCUT2D eigenvalue weighted by molar-refractivity contribution is 5.67. The molecule has 0 spiro atoms. The highest BCUT2D eigenvalue weighted by Gasteiger charge is 2.30. The van der Waals surface area contributed by atoms with Crippen LogP contribution in [0.5, 0.6) is 0 Å². The van der Waals surface area contributed by atoms with E-state index < -0.39 is 5.97 Å². The zero-order valence-corrected chi connectivity index (χ0v) is 8.89. The summed E-state index contributed by atoms with van der Waals surface area (Å²) in [6.45, 7) is 0. The van der Waals surface area contributed by atoms with Gasteiger partial charge in [-0.3, -0.25) is 4.79 Å². The molecule has 1 aromatic rings. The molecule has 2 rings (SSSR count). The molecule has 0 heterocycles. The van der Waals surface area contributed by atoms with Crippen LogP contribution in [0.25, 0.3) is 0 Å². The van der Waals surface area contributed by atoms with Gasteiger partial charge in [-0.25, -0.2) is 0 Å². The third-order valence-electron chi connectivity index (χ3n) is 3.22. The van der Waals surface area contributed by atoms with Crippen molar-refractivity contribution in [3.63, 3.8) is 0 Å². The minimum Gasteiger partial charge on any atom is -0.481 e. The molecule has 1 aromatic carbocycles. The summed E-state index contributed by atoms with van der Waals surface area (Å²) in [4.78, 5) is 10.7. The number of benzene rings is 1. The lowest BCUT2D eigenvalue weighted by Crippen LogP contribution is -2.22. The average Bonchev–Trinajstić information content (AvgIpc) is 2.28. The first-order valence-corrected chi connectivity index (χ1v) is 5.41. The van der Waals surface area contributed by atoms with Gasteiger partial charge in [0, 0.05) is 6.42 Å². The van der Waals surface area contributed by atoms with Crippen LogP contribution in [0.3, 0.4) is 0 Å². The summed E-state index contributed by atoms with van der Waals surface area (Å²) >= 11 is 0. The van der Waals surface area contributed by atoms with Crippen molar-refractivity contribution in [2.24, 2.45) is 5.92 Å². The minimum absolute atomic E-state index is 0.0441. The van der Waals surface area contributed by atoms with E-state index in [-0.39, 0.29) is 18.3 Å². The minimum atomic E-state index is -0.815. The Morgan fingerprint density at radius 3 is 2.94 bits per heavy atom.